The second kappa shape index (κ2) is 11.3. The number of rotatable bonds is 9. The smallest absolute Gasteiger partial charge is 0.305 e. The number of nitrogens with zero attached hydrogens (tertiary/aromatic N) is 2. The summed E-state index contributed by atoms with van der Waals surface area (Å²) in [5.41, 5.74) is 4.30. The van der Waals surface area contributed by atoms with Gasteiger partial charge in [-0.1, -0.05) is 18.2 Å². The molecule has 0 spiro atoms. The Kier molecular flexibility index (Phi) is 7.70. The summed E-state index contributed by atoms with van der Waals surface area (Å²) in [6.07, 6.45) is 6.58. The van der Waals surface area contributed by atoms with Crippen LogP contribution in [0.1, 0.15) is 60.5 Å². The summed E-state index contributed by atoms with van der Waals surface area (Å²) in [5.74, 6) is 0.734. The van der Waals surface area contributed by atoms with Gasteiger partial charge in [-0.3, -0.25) is 9.59 Å². The number of carbonyl (C=O) groups is 2. The van der Waals surface area contributed by atoms with Crippen molar-refractivity contribution in [1.29, 1.82) is 0 Å². The molecule has 8 heteroatoms. The molecule has 1 saturated heterocycles. The minimum absolute atomic E-state index is 0.0510. The molecule has 1 aromatic heterocycles. The Morgan fingerprint density at radius 2 is 2.14 bits per heavy atom. The minimum Gasteiger partial charge on any atom is -0.493 e. The first kappa shape index (κ1) is 24.6. The number of carboxylic acid groups (broad SMARTS) is 1. The highest BCUT2D eigenvalue weighted by molar-refractivity contribution is 5.80. The van der Waals surface area contributed by atoms with Crippen LogP contribution in [0.3, 0.4) is 0 Å². The van der Waals surface area contributed by atoms with Crippen LogP contribution in [0.4, 0.5) is 5.82 Å². The van der Waals surface area contributed by atoms with Gasteiger partial charge in [0, 0.05) is 30.8 Å². The lowest BCUT2D eigenvalue weighted by Gasteiger charge is -2.33. The van der Waals surface area contributed by atoms with Crippen LogP contribution in [-0.4, -0.2) is 59.7 Å². The topological polar surface area (TPSA) is 104 Å². The van der Waals surface area contributed by atoms with Crippen molar-refractivity contribution in [3.8, 4) is 5.75 Å². The lowest BCUT2D eigenvalue weighted by molar-refractivity contribution is -0.138. The van der Waals surface area contributed by atoms with Crippen LogP contribution in [0.25, 0.3) is 0 Å². The van der Waals surface area contributed by atoms with E-state index in [1.54, 1.807) is 0 Å². The number of likely N-dealkylation sites (tertiary alicyclic amines) is 1. The number of pyridine rings is 1. The molecule has 192 valence electrons. The molecule has 8 nitrogen and oxygen atoms in total. The van der Waals surface area contributed by atoms with Crippen molar-refractivity contribution < 1.29 is 19.4 Å². The Morgan fingerprint density at radius 3 is 3.03 bits per heavy atom. The molecule has 0 bridgehead atoms. The average Bonchev–Trinajstić information content (AvgIpc) is 3.37. The molecule has 2 aromatic rings. The van der Waals surface area contributed by atoms with E-state index >= 15 is 0 Å². The summed E-state index contributed by atoms with van der Waals surface area (Å²) in [4.78, 5) is 32.0. The molecule has 4 heterocycles. The molecule has 0 aliphatic carbocycles. The predicted octanol–water partition coefficient (Wildman–Crippen LogP) is 3.35. The maximum absolute atomic E-state index is 13.3. The fourth-order valence-corrected chi connectivity index (χ4v) is 5.74. The number of hydrogen-bond donors (Lipinski definition) is 3. The Labute approximate surface area is 212 Å². The summed E-state index contributed by atoms with van der Waals surface area (Å²) in [6, 6.07) is 9.49. The monoisotopic (exact) mass is 492 g/mol. The number of hydrogen-bond acceptors (Lipinski definition) is 6. The number of carboxylic acids is 1. The number of amides is 1. The van der Waals surface area contributed by atoms with Crippen LogP contribution >= 0.6 is 0 Å². The summed E-state index contributed by atoms with van der Waals surface area (Å²) < 4.78 is 5.65. The van der Waals surface area contributed by atoms with E-state index < -0.39 is 12.0 Å². The number of aliphatic carboxylic acids is 1. The maximum atomic E-state index is 13.3. The van der Waals surface area contributed by atoms with Gasteiger partial charge in [0.05, 0.1) is 25.0 Å². The number of anilines is 1. The summed E-state index contributed by atoms with van der Waals surface area (Å²) >= 11 is 0. The van der Waals surface area contributed by atoms with Gasteiger partial charge in [0.1, 0.15) is 11.6 Å². The first-order valence-electron chi connectivity index (χ1n) is 13.3. The van der Waals surface area contributed by atoms with E-state index in [1.807, 2.05) is 18.2 Å². The van der Waals surface area contributed by atoms with Crippen molar-refractivity contribution in [2.24, 2.45) is 5.92 Å². The third kappa shape index (κ3) is 5.81. The minimum atomic E-state index is -0.923. The van der Waals surface area contributed by atoms with E-state index in [0.717, 1.165) is 93.0 Å². The zero-order chi connectivity index (χ0) is 24.9. The van der Waals surface area contributed by atoms with Crippen LogP contribution in [0.2, 0.25) is 0 Å². The molecule has 2 unspecified atom stereocenters. The molecule has 1 aromatic carbocycles. The van der Waals surface area contributed by atoms with Gasteiger partial charge in [0.25, 0.3) is 0 Å². The summed E-state index contributed by atoms with van der Waals surface area (Å²) in [5, 5.41) is 16.0. The highest BCUT2D eigenvalue weighted by Gasteiger charge is 2.30. The van der Waals surface area contributed by atoms with Crippen molar-refractivity contribution in [3.05, 3.63) is 52.7 Å². The van der Waals surface area contributed by atoms with E-state index in [1.165, 1.54) is 5.56 Å². The average molecular weight is 493 g/mol. The van der Waals surface area contributed by atoms with Gasteiger partial charge < -0.3 is 25.4 Å². The first-order valence-corrected chi connectivity index (χ1v) is 13.3. The third-order valence-electron chi connectivity index (χ3n) is 7.58. The van der Waals surface area contributed by atoms with E-state index in [4.69, 9.17) is 9.72 Å². The van der Waals surface area contributed by atoms with Crippen LogP contribution in [0, 0.1) is 5.92 Å². The van der Waals surface area contributed by atoms with Gasteiger partial charge in [-0.15, -0.1) is 0 Å². The van der Waals surface area contributed by atoms with Gasteiger partial charge in [-0.2, -0.15) is 0 Å². The fraction of sp³-hybridized carbons (Fsp3) is 0.536. The standard InChI is InChI=1S/C28H36N4O4/c33-26(34)17-24(22-8-1-9-25-23(22)12-16-36-25)31-28(35)20-6-3-14-32(18-20)15-4-7-21-11-10-19-5-2-13-29-27(19)30-21/h1,8-11,20,24H,2-7,12-18H2,(H,29,30)(H,31,35)(H,33,34). The SMILES string of the molecule is O=C(O)CC(NC(=O)C1CCCN(CCCc2ccc3c(n2)NCCC3)C1)c1cccc2c1CCO2. The van der Waals surface area contributed by atoms with Crippen molar-refractivity contribution >= 4 is 17.7 Å². The van der Waals surface area contributed by atoms with Crippen molar-refractivity contribution in [2.45, 2.75) is 57.4 Å². The lowest BCUT2D eigenvalue weighted by Crippen LogP contribution is -2.44. The predicted molar refractivity (Wildman–Crippen MR) is 137 cm³/mol. The highest BCUT2D eigenvalue weighted by atomic mass is 16.5. The number of piperidine rings is 1. The second-order valence-electron chi connectivity index (χ2n) is 10.2. The van der Waals surface area contributed by atoms with Crippen LogP contribution in [-0.2, 0) is 28.9 Å². The van der Waals surface area contributed by atoms with E-state index in [2.05, 4.69) is 27.7 Å². The van der Waals surface area contributed by atoms with Crippen LogP contribution in [0.5, 0.6) is 5.75 Å². The van der Waals surface area contributed by atoms with Gasteiger partial charge in [0.2, 0.25) is 5.91 Å². The first-order chi connectivity index (χ1) is 17.6. The fourth-order valence-electron chi connectivity index (χ4n) is 5.74. The normalized spacial score (nSPS) is 19.9. The van der Waals surface area contributed by atoms with Crippen LogP contribution in [0.15, 0.2) is 30.3 Å². The van der Waals surface area contributed by atoms with Gasteiger partial charge in [-0.05, 0) is 74.9 Å². The molecule has 0 radical (unpaired) electrons. The van der Waals surface area contributed by atoms with Crippen molar-refractivity contribution in [2.75, 3.05) is 38.1 Å². The van der Waals surface area contributed by atoms with Gasteiger partial charge in [0.15, 0.2) is 0 Å². The third-order valence-corrected chi connectivity index (χ3v) is 7.58. The maximum Gasteiger partial charge on any atom is 0.305 e. The Balaban J connectivity index is 1.16. The zero-order valence-electron chi connectivity index (χ0n) is 20.8. The number of aromatic nitrogens is 1. The molecule has 2 atom stereocenters. The molecular weight excluding hydrogens is 456 g/mol. The number of carbonyl (C=O) groups excluding carboxylic acids is 1. The summed E-state index contributed by atoms with van der Waals surface area (Å²) in [6.45, 7) is 4.22. The molecule has 0 saturated carbocycles. The Hall–Kier alpha value is -3.13. The number of aryl methyl sites for hydroxylation is 2. The van der Waals surface area contributed by atoms with E-state index in [9.17, 15) is 14.7 Å². The van der Waals surface area contributed by atoms with Crippen LogP contribution < -0.4 is 15.4 Å². The number of fused-ring (bicyclic) bond motifs is 2. The molecular formula is C28H36N4O4. The molecule has 1 fully saturated rings. The van der Waals surface area contributed by atoms with E-state index in [0.29, 0.717) is 13.2 Å². The molecule has 3 aliphatic heterocycles. The van der Waals surface area contributed by atoms with Gasteiger partial charge >= 0.3 is 5.97 Å². The highest BCUT2D eigenvalue weighted by Crippen LogP contribution is 2.33. The van der Waals surface area contributed by atoms with Crippen molar-refractivity contribution in [3.63, 3.8) is 0 Å². The largest absolute Gasteiger partial charge is 0.493 e. The molecule has 1 amide bonds. The van der Waals surface area contributed by atoms with Crippen molar-refractivity contribution in [1.82, 2.24) is 15.2 Å². The second-order valence-corrected chi connectivity index (χ2v) is 10.2. The summed E-state index contributed by atoms with van der Waals surface area (Å²) in [7, 11) is 0. The Bertz CT molecular complexity index is 1100. The lowest BCUT2D eigenvalue weighted by atomic mass is 9.93. The number of ether oxygens (including phenoxy) is 1. The molecule has 3 N–H and O–H groups in total. The van der Waals surface area contributed by atoms with Gasteiger partial charge in [-0.25, -0.2) is 4.98 Å². The zero-order valence-corrected chi connectivity index (χ0v) is 20.8. The number of nitrogens with one attached hydrogen (secondary N) is 2. The van der Waals surface area contributed by atoms with E-state index in [-0.39, 0.29) is 18.2 Å². The molecule has 3 aliphatic rings. The molecule has 36 heavy (non-hydrogen) atoms. The quantitative estimate of drug-likeness (QED) is 0.493. The number of benzene rings is 1. The molecule has 5 rings (SSSR count). The Morgan fingerprint density at radius 1 is 1.22 bits per heavy atom.